The van der Waals surface area contributed by atoms with Crippen molar-refractivity contribution in [1.82, 2.24) is 0 Å². The van der Waals surface area contributed by atoms with E-state index in [0.717, 1.165) is 30.6 Å². The molecule has 9 atom stereocenters. The molecule has 0 aromatic carbocycles. The molecule has 1 saturated heterocycles. The summed E-state index contributed by atoms with van der Waals surface area (Å²) in [5.41, 5.74) is 0.446. The number of hydrogen-bond donors (Lipinski definition) is 0. The molecule has 0 spiro atoms. The number of carbonyl (C=O) groups is 1. The summed E-state index contributed by atoms with van der Waals surface area (Å²) in [6.07, 6.45) is 9.98. The maximum atomic E-state index is 12.7. The number of alkyl halides is 1. The zero-order valence-electron chi connectivity index (χ0n) is 13.7. The van der Waals surface area contributed by atoms with Crippen molar-refractivity contribution in [3.8, 4) is 0 Å². The summed E-state index contributed by atoms with van der Waals surface area (Å²) in [7, 11) is 0. The maximum absolute atomic E-state index is 12.7. The highest BCUT2D eigenvalue weighted by atomic mass is 79.9. The van der Waals surface area contributed by atoms with Gasteiger partial charge in [-0.15, -0.1) is 0 Å². The molecular weight excluding hydrogens is 340 g/mol. The molecule has 5 fully saturated rings. The molecule has 5 rings (SSSR count). The fraction of sp³-hybridized carbons (Fsp3) is 0.947. The molecule has 0 amide bonds. The Morgan fingerprint density at radius 3 is 2.73 bits per heavy atom. The minimum atomic E-state index is -0.0359. The number of ketones is 1. The topological polar surface area (TPSA) is 29.6 Å². The number of ether oxygens (including phenoxy) is 1. The first-order valence-electron chi connectivity index (χ1n) is 9.27. The smallest absolute Gasteiger partial charge is 0.152 e. The van der Waals surface area contributed by atoms with Crippen LogP contribution in [0.15, 0.2) is 0 Å². The van der Waals surface area contributed by atoms with Gasteiger partial charge in [-0.25, -0.2) is 0 Å². The lowest BCUT2D eigenvalue weighted by Crippen LogP contribution is -2.53. The Morgan fingerprint density at radius 2 is 1.91 bits per heavy atom. The average molecular weight is 367 g/mol. The first-order valence-corrected chi connectivity index (χ1v) is 10.2. The van der Waals surface area contributed by atoms with Crippen LogP contribution in [0.5, 0.6) is 0 Å². The van der Waals surface area contributed by atoms with E-state index in [4.69, 9.17) is 4.74 Å². The van der Waals surface area contributed by atoms with E-state index >= 15 is 0 Å². The van der Waals surface area contributed by atoms with Crippen LogP contribution in [-0.4, -0.2) is 22.8 Å². The van der Waals surface area contributed by atoms with Crippen molar-refractivity contribution in [1.29, 1.82) is 0 Å². The summed E-state index contributed by atoms with van der Waals surface area (Å²) in [5.74, 6) is 3.61. The van der Waals surface area contributed by atoms with E-state index in [2.05, 4.69) is 29.8 Å². The van der Waals surface area contributed by atoms with Crippen molar-refractivity contribution in [3.05, 3.63) is 0 Å². The van der Waals surface area contributed by atoms with Gasteiger partial charge in [0.2, 0.25) is 0 Å². The van der Waals surface area contributed by atoms with E-state index in [1.54, 1.807) is 0 Å². The van der Waals surface area contributed by atoms with E-state index in [-0.39, 0.29) is 10.2 Å². The second kappa shape index (κ2) is 4.39. The van der Waals surface area contributed by atoms with Crippen molar-refractivity contribution in [2.45, 2.75) is 75.8 Å². The third kappa shape index (κ3) is 1.68. The predicted octanol–water partition coefficient (Wildman–Crippen LogP) is 4.35. The Balaban J connectivity index is 1.49. The summed E-state index contributed by atoms with van der Waals surface area (Å²) in [5, 5.41) is 0. The SMILES string of the molecule is C[C@]12C[C@H]3O[C@H]3C[C@@H]1CC[C@@H]1[C@@H]2CC[C@]2(C)C(=O)[C@H](Br)C[C@@H]12. The molecule has 5 aliphatic rings. The summed E-state index contributed by atoms with van der Waals surface area (Å²) >= 11 is 3.67. The van der Waals surface area contributed by atoms with Crippen LogP contribution in [0.2, 0.25) is 0 Å². The van der Waals surface area contributed by atoms with Crippen molar-refractivity contribution in [2.24, 2.45) is 34.5 Å². The van der Waals surface area contributed by atoms with Crippen molar-refractivity contribution in [2.75, 3.05) is 0 Å². The summed E-state index contributed by atoms with van der Waals surface area (Å²) in [6, 6.07) is 0. The number of epoxide rings is 1. The largest absolute Gasteiger partial charge is 0.370 e. The van der Waals surface area contributed by atoms with Crippen LogP contribution in [0.1, 0.15) is 58.8 Å². The lowest BCUT2D eigenvalue weighted by atomic mass is 9.45. The molecular formula is C19H27BrO2. The molecule has 0 aromatic heterocycles. The van der Waals surface area contributed by atoms with Gasteiger partial charge in [0, 0.05) is 5.41 Å². The lowest BCUT2D eigenvalue weighted by Gasteiger charge is -2.58. The van der Waals surface area contributed by atoms with Crippen LogP contribution in [0, 0.1) is 34.5 Å². The van der Waals surface area contributed by atoms with E-state index in [0.29, 0.717) is 29.3 Å². The standard InChI is InChI=1S/C19H27BrO2/c1-18-6-5-12-11(13(18)8-14(20)17(18)21)4-3-10-7-15-16(22-15)9-19(10,12)2/h10-16H,3-9H2,1-2H3/t10-,11+,12-,13-,14+,15-,16+,18-,19-/m0/s1. The molecule has 2 nitrogen and oxygen atoms in total. The third-order valence-electron chi connectivity index (χ3n) is 8.61. The Labute approximate surface area is 141 Å². The first kappa shape index (κ1) is 14.5. The van der Waals surface area contributed by atoms with E-state index in [9.17, 15) is 4.79 Å². The number of hydrogen-bond acceptors (Lipinski definition) is 2. The molecule has 0 aromatic rings. The number of Topliss-reactive ketones (excluding diaryl/α,β-unsaturated/α-hetero) is 1. The Bertz CT molecular complexity index is 534. The minimum absolute atomic E-state index is 0.0359. The van der Waals surface area contributed by atoms with E-state index < -0.39 is 0 Å². The van der Waals surface area contributed by atoms with Crippen LogP contribution in [-0.2, 0) is 9.53 Å². The highest BCUT2D eigenvalue weighted by molar-refractivity contribution is 9.10. The van der Waals surface area contributed by atoms with Gasteiger partial charge in [0.1, 0.15) is 0 Å². The molecule has 0 bridgehead atoms. The van der Waals surface area contributed by atoms with E-state index in [1.807, 2.05) is 0 Å². The molecule has 0 radical (unpaired) electrons. The molecule has 0 N–H and O–H groups in total. The van der Waals surface area contributed by atoms with Crippen LogP contribution < -0.4 is 0 Å². The third-order valence-corrected chi connectivity index (χ3v) is 9.40. The van der Waals surface area contributed by atoms with Crippen molar-refractivity contribution < 1.29 is 9.53 Å². The van der Waals surface area contributed by atoms with Gasteiger partial charge in [-0.05, 0) is 74.0 Å². The fourth-order valence-corrected chi connectivity index (χ4v) is 8.19. The molecule has 4 saturated carbocycles. The van der Waals surface area contributed by atoms with Gasteiger partial charge in [-0.1, -0.05) is 29.8 Å². The second-order valence-corrected chi connectivity index (χ2v) is 10.4. The van der Waals surface area contributed by atoms with Gasteiger partial charge in [0.05, 0.1) is 17.0 Å². The Hall–Kier alpha value is 0.110. The minimum Gasteiger partial charge on any atom is -0.370 e. The monoisotopic (exact) mass is 366 g/mol. The number of halogens is 1. The zero-order chi connectivity index (χ0) is 15.3. The second-order valence-electron chi connectivity index (χ2n) is 9.33. The van der Waals surface area contributed by atoms with Gasteiger partial charge in [0.15, 0.2) is 5.78 Å². The number of fused-ring (bicyclic) bond motifs is 6. The molecule has 3 heteroatoms. The summed E-state index contributed by atoms with van der Waals surface area (Å²) in [6.45, 7) is 4.84. The molecule has 4 aliphatic carbocycles. The zero-order valence-corrected chi connectivity index (χ0v) is 15.3. The molecule has 1 aliphatic heterocycles. The maximum Gasteiger partial charge on any atom is 0.152 e. The predicted molar refractivity (Wildman–Crippen MR) is 88.9 cm³/mol. The van der Waals surface area contributed by atoms with Gasteiger partial charge < -0.3 is 4.74 Å². The van der Waals surface area contributed by atoms with Gasteiger partial charge in [0.25, 0.3) is 0 Å². The number of carbonyl (C=O) groups excluding carboxylic acids is 1. The van der Waals surface area contributed by atoms with E-state index in [1.165, 1.54) is 32.1 Å². The first-order chi connectivity index (χ1) is 10.4. The Morgan fingerprint density at radius 1 is 1.09 bits per heavy atom. The lowest BCUT2D eigenvalue weighted by molar-refractivity contribution is -0.137. The highest BCUT2D eigenvalue weighted by Gasteiger charge is 2.64. The van der Waals surface area contributed by atoms with Gasteiger partial charge in [-0.3, -0.25) is 4.79 Å². The fourth-order valence-electron chi connectivity index (χ4n) is 7.27. The average Bonchev–Trinajstić information content (AvgIpc) is 3.18. The summed E-state index contributed by atoms with van der Waals surface area (Å²) in [4.78, 5) is 12.8. The summed E-state index contributed by atoms with van der Waals surface area (Å²) < 4.78 is 5.89. The normalized spacial score (nSPS) is 62.7. The van der Waals surface area contributed by atoms with Crippen molar-refractivity contribution >= 4 is 21.7 Å². The molecule has 122 valence electrons. The number of rotatable bonds is 0. The van der Waals surface area contributed by atoms with Gasteiger partial charge in [-0.2, -0.15) is 0 Å². The van der Waals surface area contributed by atoms with Gasteiger partial charge >= 0.3 is 0 Å². The van der Waals surface area contributed by atoms with Crippen LogP contribution in [0.3, 0.4) is 0 Å². The molecule has 0 unspecified atom stereocenters. The molecule has 22 heavy (non-hydrogen) atoms. The van der Waals surface area contributed by atoms with Crippen LogP contribution in [0.25, 0.3) is 0 Å². The quantitative estimate of drug-likeness (QED) is 0.471. The van der Waals surface area contributed by atoms with Crippen LogP contribution in [0.4, 0.5) is 0 Å². The highest BCUT2D eigenvalue weighted by Crippen LogP contribution is 2.67. The Kier molecular flexibility index (Phi) is 2.88. The molecule has 1 heterocycles. The van der Waals surface area contributed by atoms with Crippen LogP contribution >= 0.6 is 15.9 Å². The van der Waals surface area contributed by atoms with Crippen molar-refractivity contribution in [3.63, 3.8) is 0 Å².